The lowest BCUT2D eigenvalue weighted by molar-refractivity contribution is -0.116. The van der Waals surface area contributed by atoms with E-state index < -0.39 is 0 Å². The summed E-state index contributed by atoms with van der Waals surface area (Å²) in [6.45, 7) is 1.96. The Hall–Kier alpha value is -2.86. The van der Waals surface area contributed by atoms with Gasteiger partial charge in [0.1, 0.15) is 5.82 Å². The maximum Gasteiger partial charge on any atom is 0.277 e. The van der Waals surface area contributed by atoms with E-state index in [1.807, 2.05) is 43.3 Å². The number of H-pyrrole nitrogens is 1. The Morgan fingerprint density at radius 3 is 2.63 bits per heavy atom. The van der Waals surface area contributed by atoms with Gasteiger partial charge in [-0.15, -0.1) is 11.3 Å². The van der Waals surface area contributed by atoms with Crippen molar-refractivity contribution in [1.82, 2.24) is 9.78 Å². The lowest BCUT2D eigenvalue weighted by Gasteiger charge is -2.32. The number of hydrogen-bond donors (Lipinski definition) is 2. The van der Waals surface area contributed by atoms with Crippen LogP contribution >= 0.6 is 11.3 Å². The van der Waals surface area contributed by atoms with Crippen LogP contribution in [0, 0.1) is 0 Å². The molecule has 136 valence electrons. The van der Waals surface area contributed by atoms with E-state index >= 15 is 0 Å². The maximum absolute atomic E-state index is 13.0. The Morgan fingerprint density at radius 1 is 1.07 bits per heavy atom. The van der Waals surface area contributed by atoms with Gasteiger partial charge in [-0.1, -0.05) is 31.2 Å². The number of fused-ring (bicyclic) bond motifs is 1. The third-order valence-electron chi connectivity index (χ3n) is 5.54. The summed E-state index contributed by atoms with van der Waals surface area (Å²) in [5, 5.41) is 8.62. The average molecular weight is 377 g/mol. The molecule has 2 aromatic heterocycles. The first-order valence-electron chi connectivity index (χ1n) is 9.10. The number of ketones is 1. The van der Waals surface area contributed by atoms with Gasteiger partial charge < -0.3 is 5.32 Å². The molecular weight excluding hydrogens is 358 g/mol. The first kappa shape index (κ1) is 16.3. The number of benzene rings is 1. The number of allylic oxidation sites excluding steroid dienone is 2. The van der Waals surface area contributed by atoms with Crippen LogP contribution in [-0.4, -0.2) is 15.6 Å². The van der Waals surface area contributed by atoms with Gasteiger partial charge in [-0.05, 0) is 30.0 Å². The molecule has 5 nitrogen and oxygen atoms in total. The minimum Gasteiger partial charge on any atom is -0.343 e. The van der Waals surface area contributed by atoms with Crippen molar-refractivity contribution in [2.75, 3.05) is 5.32 Å². The molecule has 0 saturated carbocycles. The van der Waals surface area contributed by atoms with E-state index in [0.29, 0.717) is 17.8 Å². The lowest BCUT2D eigenvalue weighted by Crippen LogP contribution is -2.30. The van der Waals surface area contributed by atoms with E-state index in [9.17, 15) is 9.59 Å². The van der Waals surface area contributed by atoms with Crippen molar-refractivity contribution in [3.05, 3.63) is 79.9 Å². The molecule has 2 N–H and O–H groups in total. The highest BCUT2D eigenvalue weighted by molar-refractivity contribution is 7.10. The average Bonchev–Trinajstić information content (AvgIpc) is 3.30. The van der Waals surface area contributed by atoms with Crippen molar-refractivity contribution in [1.29, 1.82) is 0 Å². The van der Waals surface area contributed by atoms with Crippen molar-refractivity contribution in [2.24, 2.45) is 0 Å². The van der Waals surface area contributed by atoms with Crippen LogP contribution in [0.2, 0.25) is 0 Å². The van der Waals surface area contributed by atoms with E-state index in [1.54, 1.807) is 16.0 Å². The van der Waals surface area contributed by atoms with Gasteiger partial charge in [-0.2, -0.15) is 0 Å². The van der Waals surface area contributed by atoms with E-state index in [-0.39, 0.29) is 23.2 Å². The Morgan fingerprint density at radius 2 is 1.89 bits per heavy atom. The summed E-state index contributed by atoms with van der Waals surface area (Å²) in [5.74, 6) is 0.851. The molecule has 3 heterocycles. The van der Waals surface area contributed by atoms with E-state index in [0.717, 1.165) is 23.4 Å². The predicted octanol–water partition coefficient (Wildman–Crippen LogP) is 4.16. The van der Waals surface area contributed by atoms with E-state index in [4.69, 9.17) is 0 Å². The summed E-state index contributed by atoms with van der Waals surface area (Å²) in [7, 11) is 0. The monoisotopic (exact) mass is 377 g/mol. The standard InChI is InChI=1S/C21H19N3O2S/c1-12-18-15(10-13(11-16(18)25)17-8-5-9-27-17)22-20-19(12)21(26)24(23-20)14-6-3-2-4-7-14/h2-9,12-13,22-23H,10-11H2,1H3/t12-,13-/m0/s1. The first-order chi connectivity index (χ1) is 13.1. The van der Waals surface area contributed by atoms with Gasteiger partial charge in [0.15, 0.2) is 5.78 Å². The van der Waals surface area contributed by atoms with Crippen LogP contribution in [0.15, 0.2) is 63.9 Å². The summed E-state index contributed by atoms with van der Waals surface area (Å²) < 4.78 is 1.55. The number of para-hydroxylation sites is 1. The summed E-state index contributed by atoms with van der Waals surface area (Å²) >= 11 is 1.70. The van der Waals surface area contributed by atoms with Crippen molar-refractivity contribution in [2.45, 2.75) is 31.6 Å². The normalized spacial score (nSPS) is 21.6. The minimum absolute atomic E-state index is 0.101. The summed E-state index contributed by atoms with van der Waals surface area (Å²) in [4.78, 5) is 27.2. The molecule has 5 rings (SSSR count). The van der Waals surface area contributed by atoms with Crippen LogP contribution in [0.1, 0.15) is 42.0 Å². The molecule has 1 aliphatic carbocycles. The molecule has 0 saturated heterocycles. The van der Waals surface area contributed by atoms with Gasteiger partial charge in [0.05, 0.1) is 11.3 Å². The number of hydrogen-bond acceptors (Lipinski definition) is 4. The first-order valence-corrected chi connectivity index (χ1v) is 9.98. The molecule has 0 radical (unpaired) electrons. The van der Waals surface area contributed by atoms with Crippen LogP contribution in [0.4, 0.5) is 5.82 Å². The quantitative estimate of drug-likeness (QED) is 0.705. The molecule has 27 heavy (non-hydrogen) atoms. The number of carbonyl (C=O) groups is 1. The fourth-order valence-corrected chi connectivity index (χ4v) is 5.11. The molecule has 2 aliphatic rings. The molecule has 3 aromatic rings. The van der Waals surface area contributed by atoms with Crippen LogP contribution in [0.5, 0.6) is 0 Å². The number of Topliss-reactive ketones (excluding diaryl/α,β-unsaturated/α-hetero) is 1. The molecule has 6 heteroatoms. The number of aromatic amines is 1. The maximum atomic E-state index is 13.0. The lowest BCUT2D eigenvalue weighted by atomic mass is 9.77. The predicted molar refractivity (Wildman–Crippen MR) is 107 cm³/mol. The molecule has 0 unspecified atom stereocenters. The van der Waals surface area contributed by atoms with Gasteiger partial charge in [-0.25, -0.2) is 4.68 Å². The Bertz CT molecular complexity index is 1110. The second-order valence-electron chi connectivity index (χ2n) is 7.16. The number of anilines is 1. The number of thiophene rings is 1. The van der Waals surface area contributed by atoms with Crippen LogP contribution in [0.25, 0.3) is 5.69 Å². The summed E-state index contributed by atoms with van der Waals surface area (Å²) in [6, 6.07) is 13.6. The smallest absolute Gasteiger partial charge is 0.277 e. The zero-order chi connectivity index (χ0) is 18.5. The number of carbonyl (C=O) groups excluding carboxylic acids is 1. The molecule has 1 aliphatic heterocycles. The zero-order valence-corrected chi connectivity index (χ0v) is 15.7. The van der Waals surface area contributed by atoms with Crippen LogP contribution < -0.4 is 10.9 Å². The van der Waals surface area contributed by atoms with Crippen LogP contribution in [0.3, 0.4) is 0 Å². The number of aromatic nitrogens is 2. The molecule has 1 aromatic carbocycles. The number of nitrogens with one attached hydrogen (secondary N) is 2. The largest absolute Gasteiger partial charge is 0.343 e. The fourth-order valence-electron chi connectivity index (χ4n) is 4.28. The topological polar surface area (TPSA) is 66.9 Å². The molecule has 0 fully saturated rings. The minimum atomic E-state index is -0.207. The highest BCUT2D eigenvalue weighted by atomic mass is 32.1. The van der Waals surface area contributed by atoms with Gasteiger partial charge in [0, 0.05) is 34.4 Å². The second-order valence-corrected chi connectivity index (χ2v) is 8.14. The van der Waals surface area contributed by atoms with Gasteiger partial charge in [0.25, 0.3) is 5.56 Å². The molecule has 2 atom stereocenters. The third kappa shape index (κ3) is 2.51. The van der Waals surface area contributed by atoms with Crippen molar-refractivity contribution >= 4 is 22.9 Å². The van der Waals surface area contributed by atoms with Gasteiger partial charge in [-0.3, -0.25) is 14.7 Å². The fraction of sp³-hybridized carbons (Fsp3) is 0.238. The summed E-state index contributed by atoms with van der Waals surface area (Å²) in [5.41, 5.74) is 3.04. The summed E-state index contributed by atoms with van der Waals surface area (Å²) in [6.07, 6.45) is 1.31. The highest BCUT2D eigenvalue weighted by Gasteiger charge is 2.38. The molecule has 0 bridgehead atoms. The molecule has 0 amide bonds. The Balaban J connectivity index is 1.56. The van der Waals surface area contributed by atoms with Crippen molar-refractivity contribution in [3.63, 3.8) is 0 Å². The molecular formula is C21H19N3O2S. The highest BCUT2D eigenvalue weighted by Crippen LogP contribution is 2.44. The van der Waals surface area contributed by atoms with Gasteiger partial charge in [0.2, 0.25) is 0 Å². The van der Waals surface area contributed by atoms with E-state index in [1.165, 1.54) is 4.88 Å². The van der Waals surface area contributed by atoms with Gasteiger partial charge >= 0.3 is 0 Å². The number of rotatable bonds is 2. The molecule has 0 spiro atoms. The Labute approximate surface area is 160 Å². The van der Waals surface area contributed by atoms with Crippen molar-refractivity contribution < 1.29 is 4.79 Å². The zero-order valence-electron chi connectivity index (χ0n) is 14.9. The Kier molecular flexibility index (Phi) is 3.68. The van der Waals surface area contributed by atoms with Crippen LogP contribution in [-0.2, 0) is 4.79 Å². The second kappa shape index (κ2) is 6.09. The number of nitrogens with zero attached hydrogens (tertiary/aromatic N) is 1. The third-order valence-corrected chi connectivity index (χ3v) is 6.57. The van der Waals surface area contributed by atoms with Crippen molar-refractivity contribution in [3.8, 4) is 5.69 Å². The SMILES string of the molecule is C[C@H]1C2=C(C[C@H](c3cccs3)CC2=O)Nc2[nH]n(-c3ccccc3)c(=O)c21. The van der Waals surface area contributed by atoms with E-state index in [2.05, 4.69) is 21.9 Å².